The minimum Gasteiger partial charge on any atom is -0.457 e. The maximum absolute atomic E-state index is 13.6. The SMILES string of the molecule is C=C1[C@@H]2CC[C@H]3[C@@]45CO[C@@](O)([C@@H](OC(C)=O)[C@@H]4C(C)(C)C=CC5=O)[C@]3(C2)[C@@H]1OC(C)=O. The van der Waals surface area contributed by atoms with Gasteiger partial charge in [0.2, 0.25) is 5.79 Å². The number of aliphatic hydroxyl groups is 1. The zero-order chi connectivity index (χ0) is 22.6. The van der Waals surface area contributed by atoms with Crippen molar-refractivity contribution in [2.45, 2.75) is 65.0 Å². The maximum Gasteiger partial charge on any atom is 0.303 e. The number of rotatable bonds is 2. The van der Waals surface area contributed by atoms with Gasteiger partial charge in [-0.25, -0.2) is 0 Å². The molecule has 168 valence electrons. The number of ketones is 1. The van der Waals surface area contributed by atoms with Crippen molar-refractivity contribution in [3.8, 4) is 0 Å². The van der Waals surface area contributed by atoms with Crippen molar-refractivity contribution >= 4 is 17.7 Å². The number of fused-ring (bicyclic) bond motifs is 2. The van der Waals surface area contributed by atoms with E-state index in [-0.39, 0.29) is 24.2 Å². The maximum atomic E-state index is 13.6. The smallest absolute Gasteiger partial charge is 0.303 e. The first-order chi connectivity index (χ1) is 14.4. The third-order valence-electron chi connectivity index (χ3n) is 8.90. The second-order valence-electron chi connectivity index (χ2n) is 10.7. The van der Waals surface area contributed by atoms with E-state index in [0.29, 0.717) is 12.8 Å². The van der Waals surface area contributed by atoms with E-state index in [1.165, 1.54) is 13.8 Å². The van der Waals surface area contributed by atoms with Crippen molar-refractivity contribution in [1.82, 2.24) is 0 Å². The summed E-state index contributed by atoms with van der Waals surface area (Å²) in [6.45, 7) is 10.9. The minimum absolute atomic E-state index is 0.0441. The summed E-state index contributed by atoms with van der Waals surface area (Å²) in [5, 5.41) is 12.3. The first kappa shape index (κ1) is 20.9. The van der Waals surface area contributed by atoms with Crippen molar-refractivity contribution in [2.75, 3.05) is 6.61 Å². The highest BCUT2D eigenvalue weighted by Crippen LogP contribution is 2.77. The molecule has 6 rings (SSSR count). The van der Waals surface area contributed by atoms with Gasteiger partial charge in [0, 0.05) is 19.8 Å². The molecule has 0 amide bonds. The molecule has 0 radical (unpaired) electrons. The molecule has 2 aliphatic heterocycles. The van der Waals surface area contributed by atoms with Crippen LogP contribution in [0, 0.1) is 34.0 Å². The molecule has 4 bridgehead atoms. The minimum atomic E-state index is -1.89. The zero-order valence-corrected chi connectivity index (χ0v) is 18.5. The average molecular weight is 430 g/mol. The van der Waals surface area contributed by atoms with Crippen LogP contribution in [0.1, 0.15) is 47.0 Å². The van der Waals surface area contributed by atoms with Crippen molar-refractivity contribution < 1.29 is 33.7 Å². The molecule has 7 nitrogen and oxygen atoms in total. The lowest BCUT2D eigenvalue weighted by Gasteiger charge is -2.72. The van der Waals surface area contributed by atoms with E-state index in [9.17, 15) is 19.5 Å². The lowest BCUT2D eigenvalue weighted by atomic mass is 9.37. The monoisotopic (exact) mass is 430 g/mol. The van der Waals surface area contributed by atoms with E-state index in [4.69, 9.17) is 14.2 Å². The molecule has 3 saturated carbocycles. The fraction of sp³-hybridized carbons (Fsp3) is 0.708. The van der Waals surface area contributed by atoms with Crippen molar-refractivity contribution in [3.63, 3.8) is 0 Å². The van der Waals surface area contributed by atoms with Crippen molar-refractivity contribution in [2.24, 2.45) is 34.0 Å². The summed E-state index contributed by atoms with van der Waals surface area (Å²) in [6, 6.07) is 0. The molecule has 31 heavy (non-hydrogen) atoms. The summed E-state index contributed by atoms with van der Waals surface area (Å²) in [5.41, 5.74) is -1.84. The van der Waals surface area contributed by atoms with E-state index in [0.717, 1.165) is 12.0 Å². The van der Waals surface area contributed by atoms with Gasteiger partial charge in [0.25, 0.3) is 0 Å². The first-order valence-corrected chi connectivity index (χ1v) is 11.0. The molecule has 6 aliphatic rings. The molecule has 2 spiro atoms. The Bertz CT molecular complexity index is 934. The Kier molecular flexibility index (Phi) is 4.09. The fourth-order valence-corrected chi connectivity index (χ4v) is 8.02. The number of carbonyl (C=O) groups is 3. The Balaban J connectivity index is 1.80. The number of ether oxygens (including phenoxy) is 3. The molecular weight excluding hydrogens is 400 g/mol. The van der Waals surface area contributed by atoms with Gasteiger partial charge in [-0.1, -0.05) is 26.5 Å². The highest BCUT2D eigenvalue weighted by Gasteiger charge is 2.85. The summed E-state index contributed by atoms with van der Waals surface area (Å²) in [5.74, 6) is -3.70. The van der Waals surface area contributed by atoms with Crippen molar-refractivity contribution in [3.05, 3.63) is 24.3 Å². The Morgan fingerprint density at radius 2 is 1.87 bits per heavy atom. The largest absolute Gasteiger partial charge is 0.457 e. The summed E-state index contributed by atoms with van der Waals surface area (Å²) >= 11 is 0. The molecule has 2 heterocycles. The molecule has 1 N–H and O–H groups in total. The van der Waals surface area contributed by atoms with Crippen LogP contribution in [0.3, 0.4) is 0 Å². The number of carbonyl (C=O) groups excluding carboxylic acids is 3. The van der Waals surface area contributed by atoms with Gasteiger partial charge >= 0.3 is 11.9 Å². The third kappa shape index (κ3) is 2.24. The standard InChI is InChI=1S/C24H30O7/c1-12-15-6-7-16-22-11-29-24(28,23(16,10-15)19(12)30-13(2)25)20(31-14(3)26)18(22)21(4,5)9-8-17(22)27/h8-9,15-16,18-20,28H,1,6-7,10-11H2,2-5H3/t15-,16+,18-,19-,20+,22-,23+,24+/m1/s1. The predicted molar refractivity (Wildman–Crippen MR) is 108 cm³/mol. The lowest BCUT2D eigenvalue weighted by molar-refractivity contribution is -0.441. The average Bonchev–Trinajstić information content (AvgIpc) is 2.87. The molecule has 0 aromatic carbocycles. The van der Waals surface area contributed by atoms with Gasteiger partial charge in [-0.2, -0.15) is 0 Å². The van der Waals surface area contributed by atoms with Gasteiger partial charge in [0.15, 0.2) is 11.9 Å². The van der Waals surface area contributed by atoms with E-state index >= 15 is 0 Å². The predicted octanol–water partition coefficient (Wildman–Crippen LogP) is 2.32. The molecule has 0 aromatic heterocycles. The van der Waals surface area contributed by atoms with Gasteiger partial charge in [-0.15, -0.1) is 0 Å². The third-order valence-corrected chi connectivity index (χ3v) is 8.90. The van der Waals surface area contributed by atoms with Gasteiger partial charge in [0.05, 0.1) is 17.4 Å². The van der Waals surface area contributed by atoms with Gasteiger partial charge in [-0.05, 0) is 48.2 Å². The Morgan fingerprint density at radius 1 is 1.19 bits per heavy atom. The van der Waals surface area contributed by atoms with E-state index in [1.807, 2.05) is 19.9 Å². The number of hydrogen-bond donors (Lipinski definition) is 1. The second-order valence-corrected chi connectivity index (χ2v) is 10.7. The van der Waals surface area contributed by atoms with Gasteiger partial charge in [-0.3, -0.25) is 14.4 Å². The Labute approximate surface area is 181 Å². The van der Waals surface area contributed by atoms with Crippen LogP contribution < -0.4 is 0 Å². The Hall–Kier alpha value is -1.99. The van der Waals surface area contributed by atoms with Crippen LogP contribution in [0.15, 0.2) is 24.3 Å². The molecule has 8 atom stereocenters. The highest BCUT2D eigenvalue weighted by atomic mass is 16.7. The van der Waals surface area contributed by atoms with E-state index in [1.54, 1.807) is 6.08 Å². The second kappa shape index (κ2) is 6.07. The Morgan fingerprint density at radius 3 is 2.52 bits per heavy atom. The molecule has 2 saturated heterocycles. The molecule has 4 aliphatic carbocycles. The van der Waals surface area contributed by atoms with Crippen LogP contribution >= 0.6 is 0 Å². The quantitative estimate of drug-likeness (QED) is 0.530. The van der Waals surface area contributed by atoms with Crippen molar-refractivity contribution in [1.29, 1.82) is 0 Å². The van der Waals surface area contributed by atoms with Crippen LogP contribution in [0.25, 0.3) is 0 Å². The van der Waals surface area contributed by atoms with Crippen LogP contribution in [-0.4, -0.2) is 47.4 Å². The highest BCUT2D eigenvalue weighted by molar-refractivity contribution is 5.97. The van der Waals surface area contributed by atoms with E-state index in [2.05, 4.69) is 6.58 Å². The summed E-state index contributed by atoms with van der Waals surface area (Å²) < 4.78 is 17.7. The fourth-order valence-electron chi connectivity index (χ4n) is 8.02. The van der Waals surface area contributed by atoms with Crippen LogP contribution in [-0.2, 0) is 28.6 Å². The van der Waals surface area contributed by atoms with Crippen LogP contribution in [0.2, 0.25) is 0 Å². The number of allylic oxidation sites excluding steroid dienone is 2. The van der Waals surface area contributed by atoms with Crippen LogP contribution in [0.5, 0.6) is 0 Å². The first-order valence-electron chi connectivity index (χ1n) is 11.0. The van der Waals surface area contributed by atoms with E-state index < -0.39 is 52.1 Å². The summed E-state index contributed by atoms with van der Waals surface area (Å²) in [6.07, 6.45) is 3.57. The van der Waals surface area contributed by atoms with Gasteiger partial charge in [0.1, 0.15) is 6.10 Å². The van der Waals surface area contributed by atoms with Crippen LogP contribution in [0.4, 0.5) is 0 Å². The molecule has 5 fully saturated rings. The zero-order valence-electron chi connectivity index (χ0n) is 18.5. The number of esters is 2. The molecule has 0 aromatic rings. The normalized spacial score (nSPS) is 48.7. The summed E-state index contributed by atoms with van der Waals surface area (Å²) in [4.78, 5) is 37.9. The van der Waals surface area contributed by atoms with Gasteiger partial charge < -0.3 is 19.3 Å². The lowest BCUT2D eigenvalue weighted by Crippen LogP contribution is -2.83. The summed E-state index contributed by atoms with van der Waals surface area (Å²) in [7, 11) is 0. The molecule has 7 heteroatoms. The topological polar surface area (TPSA) is 99.1 Å². The molecular formula is C24H30O7. The number of hydrogen-bond acceptors (Lipinski definition) is 7. The molecule has 0 unspecified atom stereocenters.